The fourth-order valence-electron chi connectivity index (χ4n) is 3.03. The van der Waals surface area contributed by atoms with Gasteiger partial charge in [-0.05, 0) is 31.6 Å². The number of rotatable bonds is 6. The van der Waals surface area contributed by atoms with Crippen molar-refractivity contribution in [1.82, 2.24) is 10.6 Å². The molecule has 116 valence electrons. The van der Waals surface area contributed by atoms with Crippen LogP contribution >= 0.6 is 0 Å². The van der Waals surface area contributed by atoms with E-state index >= 15 is 0 Å². The predicted molar refractivity (Wildman–Crippen MR) is 84.1 cm³/mol. The number of nitrogens with zero attached hydrogens (tertiary/aromatic N) is 1. The highest BCUT2D eigenvalue weighted by Crippen LogP contribution is 2.31. The lowest BCUT2D eigenvalue weighted by Crippen LogP contribution is -2.50. The Labute approximate surface area is 123 Å². The molecule has 2 aliphatic rings. The molecule has 2 saturated carbocycles. The average molecular weight is 281 g/mol. The van der Waals surface area contributed by atoms with Crippen LogP contribution in [0.4, 0.5) is 0 Å². The van der Waals surface area contributed by atoms with E-state index in [1.165, 1.54) is 38.5 Å². The molecular formula is C16H31N3O. The third-order valence-electron chi connectivity index (χ3n) is 4.61. The minimum Gasteiger partial charge on any atom is -0.373 e. The lowest BCUT2D eigenvalue weighted by molar-refractivity contribution is -0.0657. The highest BCUT2D eigenvalue weighted by atomic mass is 16.5. The first-order chi connectivity index (χ1) is 9.69. The summed E-state index contributed by atoms with van der Waals surface area (Å²) in [4.78, 5) is 4.34. The van der Waals surface area contributed by atoms with Gasteiger partial charge >= 0.3 is 0 Å². The fourth-order valence-corrected chi connectivity index (χ4v) is 3.03. The van der Waals surface area contributed by atoms with E-state index in [0.29, 0.717) is 6.04 Å². The van der Waals surface area contributed by atoms with Crippen LogP contribution in [0.5, 0.6) is 0 Å². The standard InChI is InChI=1S/C16H31N3O/c1-4-10-20-16(8-6-5-7-9-16)12-18-15(17-3)19-14-11-13(14)2/h13-14H,4-12H2,1-3H3,(H2,17,18,19). The number of aliphatic imine (C=N–C) groups is 1. The van der Waals surface area contributed by atoms with Crippen molar-refractivity contribution in [2.45, 2.75) is 70.4 Å². The predicted octanol–water partition coefficient (Wildman–Crippen LogP) is 2.69. The van der Waals surface area contributed by atoms with E-state index < -0.39 is 0 Å². The van der Waals surface area contributed by atoms with Gasteiger partial charge in [-0.25, -0.2) is 0 Å². The van der Waals surface area contributed by atoms with E-state index in [1.807, 2.05) is 7.05 Å². The van der Waals surface area contributed by atoms with Gasteiger partial charge in [0, 0.05) is 26.2 Å². The van der Waals surface area contributed by atoms with E-state index in [0.717, 1.165) is 31.4 Å². The van der Waals surface area contributed by atoms with Gasteiger partial charge in [0.1, 0.15) is 0 Å². The molecule has 4 heteroatoms. The highest BCUT2D eigenvalue weighted by molar-refractivity contribution is 5.80. The molecule has 2 aliphatic carbocycles. The molecule has 0 saturated heterocycles. The van der Waals surface area contributed by atoms with Gasteiger partial charge in [0.2, 0.25) is 0 Å². The maximum atomic E-state index is 6.21. The van der Waals surface area contributed by atoms with E-state index in [1.54, 1.807) is 0 Å². The van der Waals surface area contributed by atoms with Gasteiger partial charge in [0.15, 0.2) is 5.96 Å². The van der Waals surface area contributed by atoms with Crippen molar-refractivity contribution < 1.29 is 4.74 Å². The first kappa shape index (κ1) is 15.6. The number of hydrogen-bond acceptors (Lipinski definition) is 2. The van der Waals surface area contributed by atoms with Crippen LogP contribution in [-0.2, 0) is 4.74 Å². The van der Waals surface area contributed by atoms with Crippen LogP contribution in [0.1, 0.15) is 58.8 Å². The van der Waals surface area contributed by atoms with E-state index in [9.17, 15) is 0 Å². The number of nitrogens with one attached hydrogen (secondary N) is 2. The Morgan fingerprint density at radius 3 is 2.55 bits per heavy atom. The third-order valence-corrected chi connectivity index (χ3v) is 4.61. The third kappa shape index (κ3) is 4.37. The Bertz CT molecular complexity index is 324. The van der Waals surface area contributed by atoms with E-state index in [2.05, 4.69) is 29.5 Å². The molecule has 4 nitrogen and oxygen atoms in total. The molecule has 2 atom stereocenters. The molecule has 0 amide bonds. The number of guanidine groups is 1. The largest absolute Gasteiger partial charge is 0.373 e. The monoisotopic (exact) mass is 281 g/mol. The quantitative estimate of drug-likeness (QED) is 0.581. The number of hydrogen-bond donors (Lipinski definition) is 2. The lowest BCUT2D eigenvalue weighted by atomic mass is 9.84. The molecule has 2 rings (SSSR count). The van der Waals surface area contributed by atoms with Crippen molar-refractivity contribution in [3.63, 3.8) is 0 Å². The van der Waals surface area contributed by atoms with Crippen LogP contribution < -0.4 is 10.6 Å². The van der Waals surface area contributed by atoms with E-state index in [4.69, 9.17) is 4.74 Å². The molecule has 2 unspecified atom stereocenters. The van der Waals surface area contributed by atoms with Gasteiger partial charge in [-0.3, -0.25) is 4.99 Å². The molecule has 20 heavy (non-hydrogen) atoms. The summed E-state index contributed by atoms with van der Waals surface area (Å²) in [6, 6.07) is 0.611. The Hall–Kier alpha value is -0.770. The lowest BCUT2D eigenvalue weighted by Gasteiger charge is -2.37. The van der Waals surface area contributed by atoms with Crippen LogP contribution in [0.15, 0.2) is 4.99 Å². The van der Waals surface area contributed by atoms with Crippen molar-refractivity contribution in [3.8, 4) is 0 Å². The molecule has 0 heterocycles. The molecule has 0 spiro atoms. The second kappa shape index (κ2) is 7.30. The molecular weight excluding hydrogens is 250 g/mol. The highest BCUT2D eigenvalue weighted by Gasteiger charge is 2.35. The Morgan fingerprint density at radius 1 is 1.30 bits per heavy atom. The molecule has 2 fully saturated rings. The van der Waals surface area contributed by atoms with Crippen LogP contribution in [0, 0.1) is 5.92 Å². The van der Waals surface area contributed by atoms with Crippen molar-refractivity contribution in [1.29, 1.82) is 0 Å². The summed E-state index contributed by atoms with van der Waals surface area (Å²) in [7, 11) is 1.85. The average Bonchev–Trinajstić information content (AvgIpc) is 3.17. The molecule has 0 aliphatic heterocycles. The van der Waals surface area contributed by atoms with Gasteiger partial charge in [0.05, 0.1) is 5.60 Å². The second-order valence-electron chi connectivity index (χ2n) is 6.48. The SMILES string of the molecule is CCCOC1(CNC(=NC)NC2CC2C)CCCCC1. The summed E-state index contributed by atoms with van der Waals surface area (Å²) in [6.07, 6.45) is 8.64. The van der Waals surface area contributed by atoms with Gasteiger partial charge in [0.25, 0.3) is 0 Å². The molecule has 0 aromatic rings. The summed E-state index contributed by atoms with van der Waals surface area (Å²) < 4.78 is 6.21. The first-order valence-electron chi connectivity index (χ1n) is 8.30. The zero-order chi connectivity index (χ0) is 14.4. The van der Waals surface area contributed by atoms with E-state index in [-0.39, 0.29) is 5.60 Å². The topological polar surface area (TPSA) is 45.6 Å². The van der Waals surface area contributed by atoms with Crippen LogP contribution in [0.3, 0.4) is 0 Å². The smallest absolute Gasteiger partial charge is 0.191 e. The minimum atomic E-state index is 0.0288. The van der Waals surface area contributed by atoms with Crippen molar-refractivity contribution in [3.05, 3.63) is 0 Å². The Balaban J connectivity index is 1.83. The van der Waals surface area contributed by atoms with Crippen LogP contribution in [0.2, 0.25) is 0 Å². The summed E-state index contributed by atoms with van der Waals surface area (Å²) in [6.45, 7) is 6.21. The molecule has 0 bridgehead atoms. The zero-order valence-electron chi connectivity index (χ0n) is 13.4. The van der Waals surface area contributed by atoms with Crippen LogP contribution in [0.25, 0.3) is 0 Å². The van der Waals surface area contributed by atoms with Crippen molar-refractivity contribution in [2.24, 2.45) is 10.9 Å². The summed E-state index contributed by atoms with van der Waals surface area (Å²) in [5.41, 5.74) is 0.0288. The first-order valence-corrected chi connectivity index (χ1v) is 8.30. The summed E-state index contributed by atoms with van der Waals surface area (Å²) in [5.74, 6) is 1.72. The Morgan fingerprint density at radius 2 is 2.00 bits per heavy atom. The maximum absolute atomic E-state index is 6.21. The molecule has 2 N–H and O–H groups in total. The van der Waals surface area contributed by atoms with Gasteiger partial charge in [-0.15, -0.1) is 0 Å². The van der Waals surface area contributed by atoms with Gasteiger partial charge in [-0.1, -0.05) is 33.1 Å². The second-order valence-corrected chi connectivity index (χ2v) is 6.48. The summed E-state index contributed by atoms with van der Waals surface area (Å²) >= 11 is 0. The Kier molecular flexibility index (Phi) is 5.70. The number of ether oxygens (including phenoxy) is 1. The van der Waals surface area contributed by atoms with Crippen molar-refractivity contribution in [2.75, 3.05) is 20.2 Å². The summed E-state index contributed by atoms with van der Waals surface area (Å²) in [5, 5.41) is 6.98. The molecule has 0 aromatic heterocycles. The normalized spacial score (nSPS) is 29.1. The molecule has 0 radical (unpaired) electrons. The maximum Gasteiger partial charge on any atom is 0.191 e. The van der Waals surface area contributed by atoms with Gasteiger partial charge < -0.3 is 15.4 Å². The zero-order valence-corrected chi connectivity index (χ0v) is 13.4. The fraction of sp³-hybridized carbons (Fsp3) is 0.938. The van der Waals surface area contributed by atoms with Crippen LogP contribution in [-0.4, -0.2) is 37.8 Å². The minimum absolute atomic E-state index is 0.0288. The molecule has 0 aromatic carbocycles. The van der Waals surface area contributed by atoms with Crippen molar-refractivity contribution >= 4 is 5.96 Å². The van der Waals surface area contributed by atoms with Gasteiger partial charge in [-0.2, -0.15) is 0 Å².